The minimum atomic E-state index is 0.670. The number of nitrogens with one attached hydrogen (secondary N) is 1. The molecule has 0 aliphatic carbocycles. The van der Waals surface area contributed by atoms with Crippen LogP contribution in [0.15, 0.2) is 48.5 Å². The fourth-order valence-electron chi connectivity index (χ4n) is 3.54. The van der Waals surface area contributed by atoms with E-state index in [9.17, 15) is 0 Å². The Kier molecular flexibility index (Phi) is 5.02. The average molecular weight is 376 g/mol. The molecule has 0 atom stereocenters. The third kappa shape index (κ3) is 3.58. The summed E-state index contributed by atoms with van der Waals surface area (Å²) in [5.74, 6) is 2.83. The number of benzene rings is 2. The highest BCUT2D eigenvalue weighted by Gasteiger charge is 2.20. The van der Waals surface area contributed by atoms with Crippen molar-refractivity contribution in [1.29, 1.82) is 0 Å². The summed E-state index contributed by atoms with van der Waals surface area (Å²) in [6.07, 6.45) is 2.18. The summed E-state index contributed by atoms with van der Waals surface area (Å²) >= 11 is 0. The minimum Gasteiger partial charge on any atom is -0.493 e. The number of aryl methyl sites for hydroxylation is 2. The van der Waals surface area contributed by atoms with E-state index >= 15 is 0 Å². The second-order valence-corrected chi connectivity index (χ2v) is 6.77. The topological polar surface area (TPSA) is 59.5 Å². The first-order valence-corrected chi connectivity index (χ1v) is 9.38. The van der Waals surface area contributed by atoms with Crippen molar-refractivity contribution in [3.63, 3.8) is 0 Å². The summed E-state index contributed by atoms with van der Waals surface area (Å²) in [6, 6.07) is 16.1. The molecule has 0 saturated carbocycles. The quantitative estimate of drug-likeness (QED) is 0.701. The first kappa shape index (κ1) is 18.1. The van der Waals surface area contributed by atoms with E-state index in [0.717, 1.165) is 42.5 Å². The number of anilines is 4. The second kappa shape index (κ2) is 7.76. The van der Waals surface area contributed by atoms with Gasteiger partial charge in [-0.2, -0.15) is 4.98 Å². The van der Waals surface area contributed by atoms with Crippen LogP contribution in [-0.4, -0.2) is 30.7 Å². The smallest absolute Gasteiger partial charge is 0.232 e. The Morgan fingerprint density at radius 3 is 2.61 bits per heavy atom. The van der Waals surface area contributed by atoms with Gasteiger partial charge in [0.25, 0.3) is 0 Å². The lowest BCUT2D eigenvalue weighted by molar-refractivity contribution is 0.355. The van der Waals surface area contributed by atoms with E-state index in [-0.39, 0.29) is 0 Å². The van der Waals surface area contributed by atoms with E-state index in [4.69, 9.17) is 14.5 Å². The standard InChI is InChI=1S/C22H24N4O2/c1-15-13-21(24-17-10-11-19(27-2)20(14-17)28-3)25-22(23-15)26-12-6-8-16-7-4-5-9-18(16)26/h4-5,7,9-11,13-14H,6,8,12H2,1-3H3,(H,23,24,25). The average Bonchev–Trinajstić information content (AvgIpc) is 2.72. The van der Waals surface area contributed by atoms with Gasteiger partial charge in [0.1, 0.15) is 5.82 Å². The molecule has 0 unspecified atom stereocenters. The fraction of sp³-hybridized carbons (Fsp3) is 0.273. The van der Waals surface area contributed by atoms with E-state index in [1.807, 2.05) is 31.2 Å². The van der Waals surface area contributed by atoms with Crippen molar-refractivity contribution in [2.24, 2.45) is 0 Å². The number of ether oxygens (including phenoxy) is 2. The number of para-hydroxylation sites is 1. The zero-order valence-electron chi connectivity index (χ0n) is 16.4. The normalized spacial score (nSPS) is 13.0. The summed E-state index contributed by atoms with van der Waals surface area (Å²) in [7, 11) is 3.25. The van der Waals surface area contributed by atoms with E-state index in [0.29, 0.717) is 11.5 Å². The number of hydrogen-bond acceptors (Lipinski definition) is 6. The van der Waals surface area contributed by atoms with Crippen LogP contribution in [0.2, 0.25) is 0 Å². The monoisotopic (exact) mass is 376 g/mol. The predicted octanol–water partition coefficient (Wildman–Crippen LogP) is 4.63. The van der Waals surface area contributed by atoms with Gasteiger partial charge in [-0.25, -0.2) is 4.98 Å². The van der Waals surface area contributed by atoms with Crippen molar-refractivity contribution in [1.82, 2.24) is 9.97 Å². The zero-order chi connectivity index (χ0) is 19.5. The molecule has 2 heterocycles. The Morgan fingerprint density at radius 2 is 1.79 bits per heavy atom. The van der Waals surface area contributed by atoms with Gasteiger partial charge in [0.05, 0.1) is 14.2 Å². The summed E-state index contributed by atoms with van der Waals surface area (Å²) in [6.45, 7) is 2.90. The Balaban J connectivity index is 1.66. The maximum Gasteiger partial charge on any atom is 0.232 e. The number of nitrogens with zero attached hydrogens (tertiary/aromatic N) is 3. The van der Waals surface area contributed by atoms with Crippen LogP contribution >= 0.6 is 0 Å². The van der Waals surface area contributed by atoms with Gasteiger partial charge < -0.3 is 19.7 Å². The summed E-state index contributed by atoms with van der Waals surface area (Å²) in [5.41, 5.74) is 4.32. The molecule has 0 bridgehead atoms. The lowest BCUT2D eigenvalue weighted by Gasteiger charge is -2.29. The Bertz CT molecular complexity index is 990. The molecule has 0 radical (unpaired) electrons. The molecule has 28 heavy (non-hydrogen) atoms. The molecule has 0 saturated heterocycles. The van der Waals surface area contributed by atoms with E-state index in [2.05, 4.69) is 39.5 Å². The third-order valence-electron chi connectivity index (χ3n) is 4.85. The van der Waals surface area contributed by atoms with Crippen LogP contribution < -0.4 is 19.7 Å². The molecule has 1 N–H and O–H groups in total. The maximum absolute atomic E-state index is 5.39. The molecule has 2 aromatic carbocycles. The van der Waals surface area contributed by atoms with Crippen molar-refractivity contribution in [2.75, 3.05) is 31.0 Å². The molecule has 0 amide bonds. The third-order valence-corrected chi connectivity index (χ3v) is 4.85. The Morgan fingerprint density at radius 1 is 0.964 bits per heavy atom. The highest BCUT2D eigenvalue weighted by atomic mass is 16.5. The Hall–Kier alpha value is -3.28. The lowest BCUT2D eigenvalue weighted by atomic mass is 10.0. The van der Waals surface area contributed by atoms with Gasteiger partial charge in [-0.1, -0.05) is 18.2 Å². The number of aromatic nitrogens is 2. The highest BCUT2D eigenvalue weighted by molar-refractivity contribution is 5.66. The SMILES string of the molecule is COc1ccc(Nc2cc(C)nc(N3CCCc4ccccc43)n2)cc1OC. The first-order valence-electron chi connectivity index (χ1n) is 9.38. The zero-order valence-corrected chi connectivity index (χ0v) is 16.4. The van der Waals surface area contributed by atoms with Gasteiger partial charge in [-0.3, -0.25) is 0 Å². The van der Waals surface area contributed by atoms with Crippen LogP contribution in [0.3, 0.4) is 0 Å². The molecule has 6 nitrogen and oxygen atoms in total. The molecular formula is C22H24N4O2. The first-order chi connectivity index (χ1) is 13.7. The highest BCUT2D eigenvalue weighted by Crippen LogP contribution is 2.33. The molecule has 1 aliphatic heterocycles. The predicted molar refractivity (Wildman–Crippen MR) is 111 cm³/mol. The molecule has 3 aromatic rings. The Labute approximate surface area is 165 Å². The van der Waals surface area contributed by atoms with E-state index < -0.39 is 0 Å². The van der Waals surface area contributed by atoms with Gasteiger partial charge >= 0.3 is 0 Å². The summed E-state index contributed by atoms with van der Waals surface area (Å²) < 4.78 is 10.7. The van der Waals surface area contributed by atoms with E-state index in [1.165, 1.54) is 11.3 Å². The molecule has 1 aromatic heterocycles. The molecular weight excluding hydrogens is 352 g/mol. The van der Waals surface area contributed by atoms with Crippen molar-refractivity contribution >= 4 is 23.1 Å². The largest absolute Gasteiger partial charge is 0.493 e. The number of hydrogen-bond donors (Lipinski definition) is 1. The number of rotatable bonds is 5. The fourth-order valence-corrected chi connectivity index (χ4v) is 3.54. The van der Waals surface area contributed by atoms with Gasteiger partial charge in [-0.15, -0.1) is 0 Å². The minimum absolute atomic E-state index is 0.670. The summed E-state index contributed by atoms with van der Waals surface area (Å²) in [4.78, 5) is 11.7. The van der Waals surface area contributed by atoms with Crippen LogP contribution in [0.4, 0.5) is 23.1 Å². The van der Waals surface area contributed by atoms with Crippen LogP contribution in [-0.2, 0) is 6.42 Å². The van der Waals surface area contributed by atoms with Crippen molar-refractivity contribution in [3.05, 3.63) is 59.8 Å². The van der Waals surface area contributed by atoms with Gasteiger partial charge in [-0.05, 0) is 43.5 Å². The molecule has 0 spiro atoms. The van der Waals surface area contributed by atoms with Crippen molar-refractivity contribution in [3.8, 4) is 11.5 Å². The number of methoxy groups -OCH3 is 2. The van der Waals surface area contributed by atoms with Crippen LogP contribution in [0, 0.1) is 6.92 Å². The van der Waals surface area contributed by atoms with Crippen molar-refractivity contribution in [2.45, 2.75) is 19.8 Å². The number of fused-ring (bicyclic) bond motifs is 1. The lowest BCUT2D eigenvalue weighted by Crippen LogP contribution is -2.26. The van der Waals surface area contributed by atoms with Crippen molar-refractivity contribution < 1.29 is 9.47 Å². The van der Waals surface area contributed by atoms with Crippen LogP contribution in [0.5, 0.6) is 11.5 Å². The molecule has 1 aliphatic rings. The second-order valence-electron chi connectivity index (χ2n) is 6.77. The maximum atomic E-state index is 5.39. The molecule has 6 heteroatoms. The molecule has 0 fully saturated rings. The van der Waals surface area contributed by atoms with E-state index in [1.54, 1.807) is 14.2 Å². The molecule has 4 rings (SSSR count). The van der Waals surface area contributed by atoms with Gasteiger partial charge in [0.15, 0.2) is 11.5 Å². The summed E-state index contributed by atoms with van der Waals surface area (Å²) in [5, 5.41) is 3.36. The molecule has 144 valence electrons. The van der Waals surface area contributed by atoms with Crippen LogP contribution in [0.1, 0.15) is 17.7 Å². The van der Waals surface area contributed by atoms with Gasteiger partial charge in [0, 0.05) is 35.7 Å². The van der Waals surface area contributed by atoms with Crippen LogP contribution in [0.25, 0.3) is 0 Å². The van der Waals surface area contributed by atoms with Gasteiger partial charge in [0.2, 0.25) is 5.95 Å².